The minimum absolute atomic E-state index is 0.130. The molecule has 2 aromatic carbocycles. The molecule has 0 saturated heterocycles. The van der Waals surface area contributed by atoms with Crippen molar-refractivity contribution >= 4 is 29.1 Å². The van der Waals surface area contributed by atoms with Crippen molar-refractivity contribution in [2.45, 2.75) is 26.4 Å². The van der Waals surface area contributed by atoms with Crippen LogP contribution < -0.4 is 10.6 Å². The molecule has 4 nitrogen and oxygen atoms in total. The summed E-state index contributed by atoms with van der Waals surface area (Å²) >= 11 is 5.74. The monoisotopic (exact) mass is 332 g/mol. The topological polar surface area (TPSA) is 50.4 Å². The standard InChI is InChI=1S/C10H12ClNO2.C8H9N/c1-7(2)14-10(13)12-9-5-3-4-8(11)6-9;1-2-4-8-7(3-1)5-6-9-8/h3-7H,1-2H3,(H,12,13);1-4,9H,5-6H2. The SMILES string of the molecule is CC(C)OC(=O)Nc1cccc(Cl)c1.c1ccc2c(c1)CCN2. The molecule has 0 aromatic heterocycles. The highest BCUT2D eigenvalue weighted by molar-refractivity contribution is 6.30. The number of benzene rings is 2. The van der Waals surface area contributed by atoms with E-state index in [4.69, 9.17) is 16.3 Å². The van der Waals surface area contributed by atoms with Gasteiger partial charge in [0.15, 0.2) is 0 Å². The Morgan fingerprint density at radius 3 is 2.70 bits per heavy atom. The van der Waals surface area contributed by atoms with Crippen LogP contribution in [0.1, 0.15) is 19.4 Å². The number of ether oxygens (including phenoxy) is 1. The summed E-state index contributed by atoms with van der Waals surface area (Å²) in [4.78, 5) is 11.2. The maximum Gasteiger partial charge on any atom is 0.411 e. The van der Waals surface area contributed by atoms with E-state index in [1.807, 2.05) is 0 Å². The van der Waals surface area contributed by atoms with Gasteiger partial charge in [-0.1, -0.05) is 35.9 Å². The van der Waals surface area contributed by atoms with Crippen molar-refractivity contribution in [2.24, 2.45) is 0 Å². The number of para-hydroxylation sites is 1. The van der Waals surface area contributed by atoms with Gasteiger partial charge in [0.1, 0.15) is 0 Å². The molecule has 1 aliphatic rings. The second-order valence-electron chi connectivity index (χ2n) is 5.42. The average Bonchev–Trinajstić information content (AvgIpc) is 2.95. The molecule has 0 atom stereocenters. The normalized spacial score (nSPS) is 11.8. The second kappa shape index (κ2) is 8.44. The van der Waals surface area contributed by atoms with Crippen LogP contribution in [0.2, 0.25) is 5.02 Å². The fourth-order valence-corrected chi connectivity index (χ4v) is 2.36. The summed E-state index contributed by atoms with van der Waals surface area (Å²) in [7, 11) is 0. The number of halogens is 1. The van der Waals surface area contributed by atoms with E-state index in [0.717, 1.165) is 6.54 Å². The molecule has 122 valence electrons. The van der Waals surface area contributed by atoms with Crippen LogP contribution in [0.15, 0.2) is 48.5 Å². The van der Waals surface area contributed by atoms with Crippen LogP contribution in [0.3, 0.4) is 0 Å². The Balaban J connectivity index is 0.000000182. The lowest BCUT2D eigenvalue weighted by molar-refractivity contribution is 0.130. The largest absolute Gasteiger partial charge is 0.447 e. The number of hydrogen-bond acceptors (Lipinski definition) is 3. The first-order valence-corrected chi connectivity index (χ1v) is 7.97. The van der Waals surface area contributed by atoms with Gasteiger partial charge >= 0.3 is 6.09 Å². The highest BCUT2D eigenvalue weighted by Gasteiger charge is 2.06. The van der Waals surface area contributed by atoms with Gasteiger partial charge in [-0.3, -0.25) is 5.32 Å². The first-order valence-electron chi connectivity index (χ1n) is 7.59. The van der Waals surface area contributed by atoms with Crippen molar-refractivity contribution in [3.63, 3.8) is 0 Å². The van der Waals surface area contributed by atoms with Crippen molar-refractivity contribution < 1.29 is 9.53 Å². The molecule has 5 heteroatoms. The lowest BCUT2D eigenvalue weighted by atomic mass is 10.2. The molecule has 2 aromatic rings. The maximum absolute atomic E-state index is 11.2. The van der Waals surface area contributed by atoms with E-state index in [1.165, 1.54) is 17.7 Å². The molecule has 2 N–H and O–H groups in total. The Labute approximate surface area is 141 Å². The van der Waals surface area contributed by atoms with Crippen LogP contribution in [0, 0.1) is 0 Å². The summed E-state index contributed by atoms with van der Waals surface area (Å²) in [5.41, 5.74) is 3.40. The Morgan fingerprint density at radius 2 is 2.00 bits per heavy atom. The van der Waals surface area contributed by atoms with Crippen molar-refractivity contribution in [1.29, 1.82) is 0 Å². The maximum atomic E-state index is 11.2. The molecule has 0 aliphatic carbocycles. The van der Waals surface area contributed by atoms with Crippen LogP contribution in [-0.2, 0) is 11.2 Å². The van der Waals surface area contributed by atoms with Gasteiger partial charge in [0, 0.05) is 22.9 Å². The minimum Gasteiger partial charge on any atom is -0.447 e. The van der Waals surface area contributed by atoms with Gasteiger partial charge < -0.3 is 10.1 Å². The van der Waals surface area contributed by atoms with Gasteiger partial charge in [-0.05, 0) is 50.1 Å². The van der Waals surface area contributed by atoms with E-state index in [0.29, 0.717) is 10.7 Å². The van der Waals surface area contributed by atoms with E-state index in [-0.39, 0.29) is 6.10 Å². The quantitative estimate of drug-likeness (QED) is 0.818. The van der Waals surface area contributed by atoms with E-state index in [2.05, 4.69) is 34.9 Å². The third-order valence-corrected chi connectivity index (χ3v) is 3.38. The molecule has 0 bridgehead atoms. The third-order valence-electron chi connectivity index (χ3n) is 3.14. The summed E-state index contributed by atoms with van der Waals surface area (Å²) in [5, 5.41) is 6.44. The van der Waals surface area contributed by atoms with E-state index in [9.17, 15) is 4.79 Å². The molecule has 0 saturated carbocycles. The van der Waals surface area contributed by atoms with Crippen LogP contribution in [0.5, 0.6) is 0 Å². The predicted molar refractivity (Wildman–Crippen MR) is 95.3 cm³/mol. The number of amides is 1. The molecule has 1 heterocycles. The Hall–Kier alpha value is -2.20. The Bertz CT molecular complexity index is 636. The van der Waals surface area contributed by atoms with Crippen molar-refractivity contribution in [3.05, 3.63) is 59.1 Å². The fraction of sp³-hybridized carbons (Fsp3) is 0.278. The smallest absolute Gasteiger partial charge is 0.411 e. The zero-order valence-electron chi connectivity index (χ0n) is 13.3. The molecule has 0 spiro atoms. The van der Waals surface area contributed by atoms with Crippen LogP contribution in [0.25, 0.3) is 0 Å². The van der Waals surface area contributed by atoms with Crippen molar-refractivity contribution in [1.82, 2.24) is 0 Å². The highest BCUT2D eigenvalue weighted by atomic mass is 35.5. The molecule has 0 radical (unpaired) electrons. The zero-order chi connectivity index (χ0) is 16.7. The second-order valence-corrected chi connectivity index (χ2v) is 5.86. The van der Waals surface area contributed by atoms with E-state index in [1.54, 1.807) is 38.1 Å². The molecule has 0 unspecified atom stereocenters. The van der Waals surface area contributed by atoms with Gasteiger partial charge in [-0.25, -0.2) is 4.79 Å². The summed E-state index contributed by atoms with van der Waals surface area (Å²) in [6.07, 6.45) is 0.590. The van der Waals surface area contributed by atoms with Gasteiger partial charge in [-0.15, -0.1) is 0 Å². The number of carbonyl (C=O) groups is 1. The molecule has 23 heavy (non-hydrogen) atoms. The van der Waals surface area contributed by atoms with Gasteiger partial charge in [0.25, 0.3) is 0 Å². The number of rotatable bonds is 2. The van der Waals surface area contributed by atoms with E-state index < -0.39 is 6.09 Å². The average molecular weight is 333 g/mol. The fourth-order valence-electron chi connectivity index (χ4n) is 2.17. The zero-order valence-corrected chi connectivity index (χ0v) is 14.1. The molecule has 1 amide bonds. The van der Waals surface area contributed by atoms with Crippen LogP contribution in [-0.4, -0.2) is 18.7 Å². The van der Waals surface area contributed by atoms with Gasteiger partial charge in [0.2, 0.25) is 0 Å². The Morgan fingerprint density at radius 1 is 1.22 bits per heavy atom. The predicted octanol–water partition coefficient (Wildman–Crippen LogP) is 4.95. The number of nitrogens with one attached hydrogen (secondary N) is 2. The van der Waals surface area contributed by atoms with Crippen LogP contribution >= 0.6 is 11.6 Å². The lowest BCUT2D eigenvalue weighted by Crippen LogP contribution is -2.17. The highest BCUT2D eigenvalue weighted by Crippen LogP contribution is 2.20. The first kappa shape index (κ1) is 17.2. The van der Waals surface area contributed by atoms with E-state index >= 15 is 0 Å². The molecule has 0 fully saturated rings. The lowest BCUT2D eigenvalue weighted by Gasteiger charge is -2.09. The minimum atomic E-state index is -0.470. The molecular formula is C18H21ClN2O2. The van der Waals surface area contributed by atoms with Gasteiger partial charge in [0.05, 0.1) is 6.10 Å². The number of fused-ring (bicyclic) bond motifs is 1. The molecule has 1 aliphatic heterocycles. The number of anilines is 2. The van der Waals surface area contributed by atoms with Crippen molar-refractivity contribution in [3.8, 4) is 0 Å². The summed E-state index contributed by atoms with van der Waals surface area (Å²) in [6, 6.07) is 15.4. The number of hydrogen-bond donors (Lipinski definition) is 2. The van der Waals surface area contributed by atoms with Gasteiger partial charge in [-0.2, -0.15) is 0 Å². The third kappa shape index (κ3) is 5.83. The summed E-state index contributed by atoms with van der Waals surface area (Å²) in [6.45, 7) is 4.69. The summed E-state index contributed by atoms with van der Waals surface area (Å²) < 4.78 is 4.90. The molecular weight excluding hydrogens is 312 g/mol. The number of carbonyl (C=O) groups excluding carboxylic acids is 1. The first-order chi connectivity index (χ1) is 11.0. The Kier molecular flexibility index (Phi) is 6.29. The molecule has 3 rings (SSSR count). The summed E-state index contributed by atoms with van der Waals surface area (Å²) in [5.74, 6) is 0. The van der Waals surface area contributed by atoms with Crippen LogP contribution in [0.4, 0.5) is 16.2 Å². The van der Waals surface area contributed by atoms with Crippen molar-refractivity contribution in [2.75, 3.05) is 17.2 Å².